The molecule has 146 valence electrons. The fourth-order valence-corrected chi connectivity index (χ4v) is 2.78. The van der Waals surface area contributed by atoms with Crippen LogP contribution >= 0.6 is 0 Å². The molecule has 0 saturated heterocycles. The van der Waals surface area contributed by atoms with Gasteiger partial charge in [-0.2, -0.15) is 13.2 Å². The van der Waals surface area contributed by atoms with Crippen LogP contribution in [0.3, 0.4) is 0 Å². The van der Waals surface area contributed by atoms with Gasteiger partial charge in [-0.15, -0.1) is 0 Å². The Labute approximate surface area is 156 Å². The van der Waals surface area contributed by atoms with E-state index in [0.29, 0.717) is 11.9 Å². The topological polar surface area (TPSA) is 73.0 Å². The lowest BCUT2D eigenvalue weighted by molar-refractivity contribution is -0.384. The largest absolute Gasteiger partial charge is 0.416 e. The molecule has 0 unspecified atom stereocenters. The van der Waals surface area contributed by atoms with E-state index < -0.39 is 34.2 Å². The van der Waals surface area contributed by atoms with Crippen molar-refractivity contribution in [1.29, 1.82) is 0 Å². The molecular weight excluding hydrogens is 380 g/mol. The molecule has 2 aromatic carbocycles. The smallest absolute Gasteiger partial charge is 0.366 e. The third kappa shape index (κ3) is 3.80. The number of nitro groups is 1. The lowest BCUT2D eigenvalue weighted by Gasteiger charge is -2.21. The molecule has 0 aliphatic rings. The predicted octanol–water partition coefficient (Wildman–Crippen LogP) is 4.69. The van der Waals surface area contributed by atoms with Gasteiger partial charge < -0.3 is 9.88 Å². The van der Waals surface area contributed by atoms with Gasteiger partial charge in [0.25, 0.3) is 5.69 Å². The summed E-state index contributed by atoms with van der Waals surface area (Å²) >= 11 is 0. The molecular formula is C18H14F4N4O2. The Morgan fingerprint density at radius 3 is 2.50 bits per heavy atom. The molecule has 0 aliphatic heterocycles. The van der Waals surface area contributed by atoms with Crippen molar-refractivity contribution < 1.29 is 22.5 Å². The Hall–Kier alpha value is -3.43. The van der Waals surface area contributed by atoms with E-state index in [4.69, 9.17) is 0 Å². The van der Waals surface area contributed by atoms with Gasteiger partial charge in [0.05, 0.1) is 10.5 Å². The molecule has 0 saturated carbocycles. The molecule has 1 atom stereocenters. The number of alkyl halides is 3. The number of rotatable bonds is 5. The van der Waals surface area contributed by atoms with E-state index in [-0.39, 0.29) is 11.3 Å². The van der Waals surface area contributed by atoms with Crippen LogP contribution in [0.4, 0.5) is 28.9 Å². The lowest BCUT2D eigenvalue weighted by Crippen LogP contribution is -2.19. The Morgan fingerprint density at radius 1 is 1.21 bits per heavy atom. The third-order valence-corrected chi connectivity index (χ3v) is 4.15. The van der Waals surface area contributed by atoms with Crippen molar-refractivity contribution in [3.8, 4) is 0 Å². The van der Waals surface area contributed by atoms with Gasteiger partial charge in [0.15, 0.2) is 0 Å². The Balaban J connectivity index is 2.11. The van der Waals surface area contributed by atoms with Crippen LogP contribution in [-0.2, 0) is 13.2 Å². The summed E-state index contributed by atoms with van der Waals surface area (Å²) in [5.74, 6) is -0.253. The molecule has 10 heteroatoms. The highest BCUT2D eigenvalue weighted by molar-refractivity contribution is 5.64. The van der Waals surface area contributed by atoms with Crippen molar-refractivity contribution in [3.05, 3.63) is 87.7 Å². The highest BCUT2D eigenvalue weighted by Crippen LogP contribution is 2.37. The van der Waals surface area contributed by atoms with Crippen LogP contribution in [0.25, 0.3) is 0 Å². The number of imidazole rings is 1. The second-order valence-corrected chi connectivity index (χ2v) is 5.98. The molecule has 1 heterocycles. The summed E-state index contributed by atoms with van der Waals surface area (Å²) in [5, 5.41) is 14.1. The van der Waals surface area contributed by atoms with Gasteiger partial charge >= 0.3 is 6.18 Å². The van der Waals surface area contributed by atoms with E-state index in [0.717, 1.165) is 12.1 Å². The number of benzene rings is 2. The van der Waals surface area contributed by atoms with Gasteiger partial charge in [0, 0.05) is 31.1 Å². The number of aryl methyl sites for hydroxylation is 1. The maximum absolute atomic E-state index is 14.4. The molecule has 0 amide bonds. The molecule has 0 aliphatic carbocycles. The summed E-state index contributed by atoms with van der Waals surface area (Å²) in [6.45, 7) is 0. The first kappa shape index (κ1) is 19.3. The summed E-state index contributed by atoms with van der Waals surface area (Å²) in [6, 6.07) is 6.91. The van der Waals surface area contributed by atoms with Crippen LogP contribution in [-0.4, -0.2) is 14.5 Å². The van der Waals surface area contributed by atoms with E-state index in [2.05, 4.69) is 10.3 Å². The molecule has 28 heavy (non-hydrogen) atoms. The molecule has 3 aromatic rings. The highest BCUT2D eigenvalue weighted by Gasteiger charge is 2.34. The zero-order valence-corrected chi connectivity index (χ0v) is 14.4. The lowest BCUT2D eigenvalue weighted by atomic mass is 10.0. The summed E-state index contributed by atoms with van der Waals surface area (Å²) in [7, 11) is 1.65. The van der Waals surface area contributed by atoms with Crippen LogP contribution in [0.2, 0.25) is 0 Å². The molecule has 0 spiro atoms. The van der Waals surface area contributed by atoms with Gasteiger partial charge in [-0.1, -0.05) is 18.2 Å². The summed E-state index contributed by atoms with van der Waals surface area (Å²) < 4.78 is 54.7. The summed E-state index contributed by atoms with van der Waals surface area (Å²) in [4.78, 5) is 14.6. The maximum atomic E-state index is 14.4. The zero-order chi connectivity index (χ0) is 20.5. The second-order valence-electron chi connectivity index (χ2n) is 5.98. The fourth-order valence-electron chi connectivity index (χ4n) is 2.78. The highest BCUT2D eigenvalue weighted by atomic mass is 19.4. The van der Waals surface area contributed by atoms with Crippen molar-refractivity contribution in [2.45, 2.75) is 12.2 Å². The molecule has 0 fully saturated rings. The summed E-state index contributed by atoms with van der Waals surface area (Å²) in [5.41, 5.74) is -1.96. The first-order chi connectivity index (χ1) is 13.2. The monoisotopic (exact) mass is 394 g/mol. The van der Waals surface area contributed by atoms with Crippen LogP contribution < -0.4 is 5.32 Å². The summed E-state index contributed by atoms with van der Waals surface area (Å²) in [6.07, 6.45) is -1.66. The standard InChI is InChI=1S/C18H14F4N4O2/c1-25-9-8-23-17(25)16(12-4-2-3-5-13(12)19)24-14-7-6-11(18(20,21)22)10-15(14)26(27)28/h2-10,16,24H,1H3/t16-/m0/s1. The van der Waals surface area contributed by atoms with Crippen LogP contribution in [0.15, 0.2) is 54.9 Å². The molecule has 0 radical (unpaired) electrons. The molecule has 3 rings (SSSR count). The van der Waals surface area contributed by atoms with Crippen molar-refractivity contribution in [1.82, 2.24) is 9.55 Å². The number of nitrogens with one attached hydrogen (secondary N) is 1. The number of nitrogens with zero attached hydrogens (tertiary/aromatic N) is 3. The van der Waals surface area contributed by atoms with Gasteiger partial charge in [-0.05, 0) is 18.2 Å². The first-order valence-electron chi connectivity index (χ1n) is 8.02. The number of aromatic nitrogens is 2. The van der Waals surface area contributed by atoms with E-state index in [1.165, 1.54) is 24.4 Å². The second kappa shape index (κ2) is 7.29. The normalized spacial score (nSPS) is 12.6. The Morgan fingerprint density at radius 2 is 1.93 bits per heavy atom. The predicted molar refractivity (Wildman–Crippen MR) is 93.2 cm³/mol. The van der Waals surface area contributed by atoms with Crippen LogP contribution in [0.5, 0.6) is 0 Å². The fraction of sp³-hybridized carbons (Fsp3) is 0.167. The van der Waals surface area contributed by atoms with Gasteiger partial charge in [-0.3, -0.25) is 10.1 Å². The average molecular weight is 394 g/mol. The zero-order valence-electron chi connectivity index (χ0n) is 14.4. The molecule has 1 N–H and O–H groups in total. The SMILES string of the molecule is Cn1ccnc1[C@@H](Nc1ccc(C(F)(F)F)cc1[N+](=O)[O-])c1ccccc1F. The minimum atomic E-state index is -4.73. The van der Waals surface area contributed by atoms with Crippen LogP contribution in [0, 0.1) is 15.9 Å². The quantitative estimate of drug-likeness (QED) is 0.387. The number of halogens is 4. The number of nitro benzene ring substituents is 1. The van der Waals surface area contributed by atoms with E-state index in [1.54, 1.807) is 23.9 Å². The van der Waals surface area contributed by atoms with Gasteiger partial charge in [0.1, 0.15) is 23.4 Å². The van der Waals surface area contributed by atoms with Crippen molar-refractivity contribution in [2.24, 2.45) is 7.05 Å². The van der Waals surface area contributed by atoms with Gasteiger partial charge in [0.2, 0.25) is 0 Å². The third-order valence-electron chi connectivity index (χ3n) is 4.15. The number of hydrogen-bond donors (Lipinski definition) is 1. The molecule has 6 nitrogen and oxygen atoms in total. The molecule has 1 aromatic heterocycles. The number of anilines is 1. The van der Waals surface area contributed by atoms with Crippen molar-refractivity contribution >= 4 is 11.4 Å². The minimum Gasteiger partial charge on any atom is -0.366 e. The Kier molecular flexibility index (Phi) is 5.04. The van der Waals surface area contributed by atoms with E-state index >= 15 is 0 Å². The minimum absolute atomic E-state index is 0.144. The first-order valence-corrected chi connectivity index (χ1v) is 8.02. The van der Waals surface area contributed by atoms with Gasteiger partial charge in [-0.25, -0.2) is 9.37 Å². The maximum Gasteiger partial charge on any atom is 0.416 e. The Bertz CT molecular complexity index is 1020. The number of hydrogen-bond acceptors (Lipinski definition) is 4. The van der Waals surface area contributed by atoms with Crippen LogP contribution in [0.1, 0.15) is 23.0 Å². The van der Waals surface area contributed by atoms with Crippen molar-refractivity contribution in [3.63, 3.8) is 0 Å². The van der Waals surface area contributed by atoms with E-state index in [9.17, 15) is 27.7 Å². The van der Waals surface area contributed by atoms with E-state index in [1.807, 2.05) is 0 Å². The molecule has 0 bridgehead atoms. The van der Waals surface area contributed by atoms with Crippen molar-refractivity contribution in [2.75, 3.05) is 5.32 Å². The average Bonchev–Trinajstić information content (AvgIpc) is 3.05.